The standard InChI is InChI=1S/C31H25N3O3S/c1-20-28(33-26-13-8-14-27(32-26)38-23-11-6-3-7-12-23)29(37-34-20)25-19-22(31(17-18-31)30(35)36)15-16-24(25)21-9-4-2-5-10-21/h2-16,19H,17-18H2,1H3,(H,32,33)(H,35,36). The van der Waals surface area contributed by atoms with E-state index in [0.29, 0.717) is 35.8 Å². The molecule has 0 bridgehead atoms. The van der Waals surface area contributed by atoms with Gasteiger partial charge >= 0.3 is 5.97 Å². The molecule has 7 heteroatoms. The lowest BCUT2D eigenvalue weighted by molar-refractivity contribution is -0.140. The zero-order valence-corrected chi connectivity index (χ0v) is 21.5. The van der Waals surface area contributed by atoms with Crippen molar-refractivity contribution in [2.24, 2.45) is 0 Å². The van der Waals surface area contributed by atoms with Gasteiger partial charge in [-0.05, 0) is 66.8 Å². The predicted octanol–water partition coefficient (Wildman–Crippen LogP) is 7.72. The summed E-state index contributed by atoms with van der Waals surface area (Å²) in [7, 11) is 0. The van der Waals surface area contributed by atoms with Crippen LogP contribution in [-0.4, -0.2) is 21.2 Å². The highest BCUT2D eigenvalue weighted by Gasteiger charge is 2.52. The number of aryl methyl sites for hydroxylation is 1. The van der Waals surface area contributed by atoms with Crippen LogP contribution in [0.25, 0.3) is 22.5 Å². The summed E-state index contributed by atoms with van der Waals surface area (Å²) in [6.07, 6.45) is 1.26. The smallest absolute Gasteiger partial charge is 0.314 e. The fraction of sp³-hybridized carbons (Fsp3) is 0.129. The van der Waals surface area contributed by atoms with Gasteiger partial charge < -0.3 is 14.9 Å². The minimum Gasteiger partial charge on any atom is -0.481 e. The zero-order valence-electron chi connectivity index (χ0n) is 20.7. The maximum absolute atomic E-state index is 12.1. The molecule has 5 aromatic rings. The number of hydrogen-bond donors (Lipinski definition) is 2. The van der Waals surface area contributed by atoms with E-state index in [4.69, 9.17) is 9.51 Å². The molecule has 2 N–H and O–H groups in total. The molecule has 0 radical (unpaired) electrons. The van der Waals surface area contributed by atoms with Crippen molar-refractivity contribution in [3.63, 3.8) is 0 Å². The molecule has 0 saturated heterocycles. The summed E-state index contributed by atoms with van der Waals surface area (Å²) < 4.78 is 5.90. The SMILES string of the molecule is Cc1noc(-c2cc(C3(C(=O)O)CC3)ccc2-c2ccccc2)c1Nc1cccc(Sc2ccccc2)n1. The molecule has 6 rings (SSSR count). The Morgan fingerprint density at radius 2 is 1.66 bits per heavy atom. The van der Waals surface area contributed by atoms with E-state index in [1.54, 1.807) is 11.8 Å². The van der Waals surface area contributed by atoms with Crippen LogP contribution in [0.15, 0.2) is 112 Å². The number of nitrogens with zero attached hydrogens (tertiary/aromatic N) is 2. The van der Waals surface area contributed by atoms with E-state index in [2.05, 4.69) is 22.6 Å². The third-order valence-corrected chi connectivity index (χ3v) is 7.81. The third kappa shape index (κ3) is 4.57. The molecule has 1 saturated carbocycles. The Morgan fingerprint density at radius 3 is 2.37 bits per heavy atom. The van der Waals surface area contributed by atoms with Gasteiger partial charge in [0.05, 0.1) is 5.41 Å². The average Bonchev–Trinajstić information content (AvgIpc) is 3.69. The number of benzene rings is 3. The largest absolute Gasteiger partial charge is 0.481 e. The van der Waals surface area contributed by atoms with Crippen molar-refractivity contribution in [3.05, 3.63) is 108 Å². The second kappa shape index (κ2) is 9.84. The number of carboxylic acid groups (broad SMARTS) is 1. The van der Waals surface area contributed by atoms with Crippen LogP contribution >= 0.6 is 11.8 Å². The van der Waals surface area contributed by atoms with Crippen molar-refractivity contribution in [3.8, 4) is 22.5 Å². The van der Waals surface area contributed by atoms with Crippen molar-refractivity contribution < 1.29 is 14.4 Å². The van der Waals surface area contributed by atoms with E-state index in [1.165, 1.54) is 0 Å². The Morgan fingerprint density at radius 1 is 0.921 bits per heavy atom. The highest BCUT2D eigenvalue weighted by atomic mass is 32.2. The maximum Gasteiger partial charge on any atom is 0.314 e. The third-order valence-electron chi connectivity index (χ3n) is 6.87. The van der Waals surface area contributed by atoms with Gasteiger partial charge in [-0.3, -0.25) is 4.79 Å². The molecule has 1 aliphatic rings. The molecule has 1 fully saturated rings. The first-order valence-corrected chi connectivity index (χ1v) is 13.2. The summed E-state index contributed by atoms with van der Waals surface area (Å²) in [5, 5.41) is 18.5. The maximum atomic E-state index is 12.1. The molecule has 2 heterocycles. The first-order valence-electron chi connectivity index (χ1n) is 12.4. The van der Waals surface area contributed by atoms with Gasteiger partial charge in [0, 0.05) is 10.5 Å². The number of aromatic nitrogens is 2. The fourth-order valence-electron chi connectivity index (χ4n) is 4.63. The van der Waals surface area contributed by atoms with Crippen LogP contribution in [0.5, 0.6) is 0 Å². The predicted molar refractivity (Wildman–Crippen MR) is 149 cm³/mol. The van der Waals surface area contributed by atoms with E-state index in [9.17, 15) is 9.90 Å². The number of aliphatic carboxylic acids is 1. The van der Waals surface area contributed by atoms with Gasteiger partial charge in [-0.15, -0.1) is 0 Å². The number of pyridine rings is 1. The van der Waals surface area contributed by atoms with Gasteiger partial charge in [0.25, 0.3) is 0 Å². The zero-order chi connectivity index (χ0) is 26.1. The Kier molecular flexibility index (Phi) is 6.21. The summed E-state index contributed by atoms with van der Waals surface area (Å²) in [6.45, 7) is 1.88. The van der Waals surface area contributed by atoms with Crippen molar-refractivity contribution in [1.29, 1.82) is 0 Å². The number of hydrogen-bond acceptors (Lipinski definition) is 6. The second-order valence-electron chi connectivity index (χ2n) is 9.39. The minimum absolute atomic E-state index is 0.548. The quantitative estimate of drug-likeness (QED) is 0.217. The van der Waals surface area contributed by atoms with Gasteiger partial charge in [-0.1, -0.05) is 83.6 Å². The number of rotatable bonds is 8. The van der Waals surface area contributed by atoms with Gasteiger partial charge in [-0.2, -0.15) is 0 Å². The van der Waals surface area contributed by atoms with Crippen molar-refractivity contribution in [2.75, 3.05) is 5.32 Å². The summed E-state index contributed by atoms with van der Waals surface area (Å²) in [6, 6.07) is 31.8. The van der Waals surface area contributed by atoms with Crippen LogP contribution in [0, 0.1) is 6.92 Å². The van der Waals surface area contributed by atoms with Gasteiger partial charge in [0.1, 0.15) is 22.2 Å². The average molecular weight is 520 g/mol. The first-order chi connectivity index (χ1) is 18.5. The summed E-state index contributed by atoms with van der Waals surface area (Å²) >= 11 is 1.59. The van der Waals surface area contributed by atoms with E-state index in [1.807, 2.05) is 91.9 Å². The molecule has 1 aliphatic carbocycles. The van der Waals surface area contributed by atoms with E-state index in [0.717, 1.165) is 32.2 Å². The van der Waals surface area contributed by atoms with Gasteiger partial charge in [-0.25, -0.2) is 4.98 Å². The Balaban J connectivity index is 1.41. The second-order valence-corrected chi connectivity index (χ2v) is 10.5. The summed E-state index contributed by atoms with van der Waals surface area (Å²) in [4.78, 5) is 18.0. The van der Waals surface area contributed by atoms with Crippen molar-refractivity contribution in [2.45, 2.75) is 35.1 Å². The number of carboxylic acids is 1. The minimum atomic E-state index is -0.836. The number of carbonyl (C=O) groups is 1. The molecule has 188 valence electrons. The molecule has 0 aliphatic heterocycles. The molecule has 0 unspecified atom stereocenters. The molecular formula is C31H25N3O3S. The molecule has 2 aromatic heterocycles. The van der Waals surface area contributed by atoms with Crippen LogP contribution in [0.4, 0.5) is 11.5 Å². The van der Waals surface area contributed by atoms with Crippen molar-refractivity contribution >= 4 is 29.2 Å². The van der Waals surface area contributed by atoms with Crippen LogP contribution in [-0.2, 0) is 10.2 Å². The van der Waals surface area contributed by atoms with Gasteiger partial charge in [0.2, 0.25) is 0 Å². The highest BCUT2D eigenvalue weighted by molar-refractivity contribution is 7.99. The van der Waals surface area contributed by atoms with Crippen LogP contribution in [0.1, 0.15) is 24.1 Å². The van der Waals surface area contributed by atoms with Crippen LogP contribution in [0.2, 0.25) is 0 Å². The highest BCUT2D eigenvalue weighted by Crippen LogP contribution is 2.50. The molecule has 0 atom stereocenters. The Hall–Kier alpha value is -4.36. The molecule has 3 aromatic carbocycles. The first kappa shape index (κ1) is 24.0. The molecule has 0 spiro atoms. The van der Waals surface area contributed by atoms with Gasteiger partial charge in [0.15, 0.2) is 5.76 Å². The Labute approximate surface area is 224 Å². The molecule has 38 heavy (non-hydrogen) atoms. The number of nitrogens with one attached hydrogen (secondary N) is 1. The lowest BCUT2D eigenvalue weighted by Gasteiger charge is -2.16. The van der Waals surface area contributed by atoms with E-state index in [-0.39, 0.29) is 0 Å². The molecule has 6 nitrogen and oxygen atoms in total. The molecule has 0 amide bonds. The van der Waals surface area contributed by atoms with Crippen LogP contribution < -0.4 is 5.32 Å². The summed E-state index contributed by atoms with van der Waals surface area (Å²) in [5.74, 6) is 0.423. The lowest BCUT2D eigenvalue weighted by atomic mass is 9.89. The summed E-state index contributed by atoms with van der Waals surface area (Å²) in [5.41, 5.74) is 4.07. The van der Waals surface area contributed by atoms with E-state index < -0.39 is 11.4 Å². The van der Waals surface area contributed by atoms with E-state index >= 15 is 0 Å². The lowest BCUT2D eigenvalue weighted by Crippen LogP contribution is -2.19. The Bertz CT molecular complexity index is 1610. The number of anilines is 2. The monoisotopic (exact) mass is 519 g/mol. The van der Waals surface area contributed by atoms with Crippen LogP contribution in [0.3, 0.4) is 0 Å². The normalized spacial score (nSPS) is 13.7. The fourth-order valence-corrected chi connectivity index (χ4v) is 5.45. The topological polar surface area (TPSA) is 88.2 Å². The van der Waals surface area contributed by atoms with Crippen molar-refractivity contribution in [1.82, 2.24) is 10.1 Å². The molecular weight excluding hydrogens is 494 g/mol.